The molecule has 1 saturated heterocycles. The number of rotatable bonds is 4. The predicted octanol–water partition coefficient (Wildman–Crippen LogP) is 5.42. The van der Waals surface area contributed by atoms with E-state index in [2.05, 4.69) is 52.9 Å². The topological polar surface area (TPSA) is 63.7 Å². The van der Waals surface area contributed by atoms with Crippen LogP contribution in [0.1, 0.15) is 43.9 Å². The van der Waals surface area contributed by atoms with E-state index in [0.717, 1.165) is 43.5 Å². The van der Waals surface area contributed by atoms with E-state index in [4.69, 9.17) is 9.57 Å². The molecule has 172 valence electrons. The molecule has 2 aromatic carbocycles. The molecule has 5 rings (SSSR count). The summed E-state index contributed by atoms with van der Waals surface area (Å²) < 4.78 is 6.57. The standard InChI is InChI=1S/C27H31N3O3/c1-3-16-32-29-26(31)30-14-11-27(12-15-30)10-8-23-18-21(5-7-25(23)33-27)20-4-6-24-19(2)28-13-9-22(24)17-20/h4-7,9,13,17-18H,3,8,10-12,14-16H2,1-2H3,(H,29,31). The highest BCUT2D eigenvalue weighted by Gasteiger charge is 2.40. The van der Waals surface area contributed by atoms with Crippen LogP contribution in [0.4, 0.5) is 4.79 Å². The molecular weight excluding hydrogens is 414 g/mol. The maximum absolute atomic E-state index is 12.3. The first-order valence-corrected chi connectivity index (χ1v) is 11.9. The van der Waals surface area contributed by atoms with Crippen LogP contribution in [-0.2, 0) is 11.3 Å². The molecule has 2 aliphatic heterocycles. The molecule has 3 aromatic rings. The summed E-state index contributed by atoms with van der Waals surface area (Å²) >= 11 is 0. The van der Waals surface area contributed by atoms with Gasteiger partial charge in [0, 0.05) is 43.2 Å². The lowest BCUT2D eigenvalue weighted by Gasteiger charge is -2.44. The van der Waals surface area contributed by atoms with Crippen molar-refractivity contribution >= 4 is 16.8 Å². The fraction of sp³-hybridized carbons (Fsp3) is 0.407. The van der Waals surface area contributed by atoms with Crippen LogP contribution in [0.2, 0.25) is 0 Å². The van der Waals surface area contributed by atoms with Crippen LogP contribution in [0.3, 0.4) is 0 Å². The number of fused-ring (bicyclic) bond motifs is 2. The third-order valence-corrected chi connectivity index (χ3v) is 6.96. The molecule has 0 radical (unpaired) electrons. The van der Waals surface area contributed by atoms with E-state index in [0.29, 0.717) is 19.7 Å². The highest BCUT2D eigenvalue weighted by atomic mass is 16.7. The fourth-order valence-electron chi connectivity index (χ4n) is 4.96. The molecule has 1 spiro atoms. The number of benzene rings is 2. The normalized spacial score (nSPS) is 17.0. The van der Waals surface area contributed by atoms with Crippen LogP contribution in [0.5, 0.6) is 5.75 Å². The molecule has 1 aromatic heterocycles. The summed E-state index contributed by atoms with van der Waals surface area (Å²) in [6, 6.07) is 15.0. The minimum atomic E-state index is -0.178. The number of urea groups is 1. The second-order valence-electron chi connectivity index (χ2n) is 9.18. The van der Waals surface area contributed by atoms with E-state index < -0.39 is 0 Å². The van der Waals surface area contributed by atoms with Gasteiger partial charge < -0.3 is 9.64 Å². The van der Waals surface area contributed by atoms with E-state index in [-0.39, 0.29) is 11.6 Å². The maximum atomic E-state index is 12.3. The van der Waals surface area contributed by atoms with Gasteiger partial charge in [-0.15, -0.1) is 0 Å². The van der Waals surface area contributed by atoms with E-state index >= 15 is 0 Å². The van der Waals surface area contributed by atoms with E-state index in [1.165, 1.54) is 27.5 Å². The minimum absolute atomic E-state index is 0.152. The average Bonchev–Trinajstić information content (AvgIpc) is 2.84. The Morgan fingerprint density at radius 2 is 1.91 bits per heavy atom. The van der Waals surface area contributed by atoms with Gasteiger partial charge in [-0.3, -0.25) is 9.82 Å². The Balaban J connectivity index is 1.27. The van der Waals surface area contributed by atoms with Crippen LogP contribution < -0.4 is 10.2 Å². The first-order valence-electron chi connectivity index (χ1n) is 11.9. The summed E-state index contributed by atoms with van der Waals surface area (Å²) in [4.78, 5) is 23.7. The minimum Gasteiger partial charge on any atom is -0.487 e. The molecule has 2 aliphatic rings. The second-order valence-corrected chi connectivity index (χ2v) is 9.18. The summed E-state index contributed by atoms with van der Waals surface area (Å²) in [6.07, 6.45) is 6.39. The zero-order valence-electron chi connectivity index (χ0n) is 19.4. The summed E-state index contributed by atoms with van der Waals surface area (Å²) in [7, 11) is 0. The van der Waals surface area contributed by atoms with Crippen molar-refractivity contribution in [1.82, 2.24) is 15.4 Å². The van der Waals surface area contributed by atoms with Crippen molar-refractivity contribution in [2.45, 2.75) is 51.6 Å². The Bertz CT molecular complexity index is 1170. The van der Waals surface area contributed by atoms with Crippen molar-refractivity contribution in [3.8, 4) is 16.9 Å². The van der Waals surface area contributed by atoms with E-state index in [1.807, 2.05) is 24.9 Å². The van der Waals surface area contributed by atoms with Crippen molar-refractivity contribution < 1.29 is 14.4 Å². The van der Waals surface area contributed by atoms with Crippen LogP contribution in [0.25, 0.3) is 21.9 Å². The first-order chi connectivity index (χ1) is 16.1. The lowest BCUT2D eigenvalue weighted by Crippen LogP contribution is -2.53. The van der Waals surface area contributed by atoms with Crippen LogP contribution in [0.15, 0.2) is 48.7 Å². The highest BCUT2D eigenvalue weighted by Crippen LogP contribution is 2.41. The average molecular weight is 446 g/mol. The number of hydrogen-bond donors (Lipinski definition) is 1. The van der Waals surface area contributed by atoms with Crippen molar-refractivity contribution in [1.29, 1.82) is 0 Å². The van der Waals surface area contributed by atoms with Crippen molar-refractivity contribution in [2.24, 2.45) is 0 Å². The molecule has 3 heterocycles. The molecule has 6 heteroatoms. The van der Waals surface area contributed by atoms with Gasteiger partial charge in [-0.1, -0.05) is 25.1 Å². The van der Waals surface area contributed by atoms with Gasteiger partial charge in [-0.05, 0) is 72.5 Å². The third-order valence-electron chi connectivity index (χ3n) is 6.96. The highest BCUT2D eigenvalue weighted by molar-refractivity contribution is 5.88. The molecular formula is C27H31N3O3. The van der Waals surface area contributed by atoms with Crippen molar-refractivity contribution in [3.63, 3.8) is 0 Å². The summed E-state index contributed by atoms with van der Waals surface area (Å²) in [5.41, 5.74) is 7.10. The molecule has 6 nitrogen and oxygen atoms in total. The van der Waals surface area contributed by atoms with Gasteiger partial charge in [-0.25, -0.2) is 10.3 Å². The molecule has 0 aliphatic carbocycles. The smallest absolute Gasteiger partial charge is 0.341 e. The second kappa shape index (κ2) is 9.02. The molecule has 0 atom stereocenters. The van der Waals surface area contributed by atoms with Gasteiger partial charge in [0.05, 0.1) is 6.61 Å². The lowest BCUT2D eigenvalue weighted by atomic mass is 9.82. The Morgan fingerprint density at radius 3 is 2.73 bits per heavy atom. The predicted molar refractivity (Wildman–Crippen MR) is 129 cm³/mol. The summed E-state index contributed by atoms with van der Waals surface area (Å²) in [5.74, 6) is 0.981. The van der Waals surface area contributed by atoms with Crippen LogP contribution >= 0.6 is 0 Å². The van der Waals surface area contributed by atoms with E-state index in [9.17, 15) is 4.79 Å². The molecule has 1 fully saturated rings. The Morgan fingerprint density at radius 1 is 1.12 bits per heavy atom. The third kappa shape index (κ3) is 4.40. The van der Waals surface area contributed by atoms with E-state index in [1.54, 1.807) is 0 Å². The number of aryl methyl sites for hydroxylation is 2. The molecule has 0 bridgehead atoms. The van der Waals surface area contributed by atoms with Crippen LogP contribution in [0, 0.1) is 6.92 Å². The zero-order chi connectivity index (χ0) is 22.8. The monoisotopic (exact) mass is 445 g/mol. The Labute approximate surface area is 194 Å². The number of hydrogen-bond acceptors (Lipinski definition) is 4. The maximum Gasteiger partial charge on any atom is 0.341 e. The number of piperidine rings is 1. The number of aromatic nitrogens is 1. The quantitative estimate of drug-likeness (QED) is 0.430. The lowest BCUT2D eigenvalue weighted by molar-refractivity contribution is -0.0138. The number of ether oxygens (including phenoxy) is 1. The number of carbonyl (C=O) groups excluding carboxylic acids is 1. The molecule has 33 heavy (non-hydrogen) atoms. The largest absolute Gasteiger partial charge is 0.487 e. The summed E-state index contributed by atoms with van der Waals surface area (Å²) in [5, 5.41) is 2.41. The van der Waals surface area contributed by atoms with Gasteiger partial charge in [-0.2, -0.15) is 0 Å². The number of nitrogens with zero attached hydrogens (tertiary/aromatic N) is 2. The molecule has 1 N–H and O–H groups in total. The van der Waals surface area contributed by atoms with Crippen LogP contribution in [-0.4, -0.2) is 41.2 Å². The molecule has 0 saturated carbocycles. The summed E-state index contributed by atoms with van der Waals surface area (Å²) in [6.45, 7) is 5.95. The number of hydroxylamine groups is 1. The number of nitrogens with one attached hydrogen (secondary N) is 1. The van der Waals surface area contributed by atoms with Gasteiger partial charge >= 0.3 is 6.03 Å². The number of carbonyl (C=O) groups is 1. The zero-order valence-corrected chi connectivity index (χ0v) is 19.4. The molecule has 0 unspecified atom stereocenters. The number of likely N-dealkylation sites (tertiary alicyclic amines) is 1. The molecule has 2 amide bonds. The Hall–Kier alpha value is -3.12. The van der Waals surface area contributed by atoms with Gasteiger partial charge in [0.25, 0.3) is 0 Å². The van der Waals surface area contributed by atoms with Crippen molar-refractivity contribution in [2.75, 3.05) is 19.7 Å². The van der Waals surface area contributed by atoms with Gasteiger partial charge in [0.15, 0.2) is 0 Å². The number of amides is 2. The van der Waals surface area contributed by atoms with Gasteiger partial charge in [0.2, 0.25) is 0 Å². The fourth-order valence-corrected chi connectivity index (χ4v) is 4.96. The van der Waals surface area contributed by atoms with Crippen molar-refractivity contribution in [3.05, 3.63) is 59.9 Å². The van der Waals surface area contributed by atoms with Gasteiger partial charge in [0.1, 0.15) is 11.4 Å². The first kappa shape index (κ1) is 21.7. The Kier molecular flexibility index (Phi) is 5.94. The SMILES string of the molecule is CCCONC(=O)N1CCC2(CCc3cc(-c4ccc5c(C)nccc5c4)ccc3O2)CC1. The number of pyridine rings is 1.